The van der Waals surface area contributed by atoms with E-state index in [9.17, 15) is 0 Å². The Morgan fingerprint density at radius 2 is 1.07 bits per heavy atom. The summed E-state index contributed by atoms with van der Waals surface area (Å²) in [6.07, 6.45) is 1.06. The van der Waals surface area contributed by atoms with Crippen LogP contribution in [0.15, 0.2) is 138 Å². The molecule has 0 aromatic heterocycles. The van der Waals surface area contributed by atoms with Gasteiger partial charge >= 0.3 is 0 Å². The quantitative estimate of drug-likeness (QED) is 0.0359. The number of nitrogens with zero attached hydrogens (tertiary/aromatic N) is 4. The third-order valence-electron chi connectivity index (χ3n) is 8.75. The Hall–Kier alpha value is -5.10. The molecule has 0 N–H and O–H groups in total. The van der Waals surface area contributed by atoms with E-state index >= 15 is 0 Å². The highest BCUT2D eigenvalue weighted by atomic mass is 31.2. The zero-order valence-corrected chi connectivity index (χ0v) is 32.8. The van der Waals surface area contributed by atoms with E-state index in [2.05, 4.69) is 60.8 Å². The predicted molar refractivity (Wildman–Crippen MR) is 215 cm³/mol. The first kappa shape index (κ1) is 40.1. The van der Waals surface area contributed by atoms with E-state index < -0.39 is 14.1 Å². The average molecular weight is 745 g/mol. The van der Waals surface area contributed by atoms with Gasteiger partial charge in [0.05, 0.1) is 51.3 Å². The Bertz CT molecular complexity index is 1870. The molecule has 0 saturated heterocycles. The van der Waals surface area contributed by atoms with Gasteiger partial charge in [-0.25, -0.2) is 4.67 Å². The van der Waals surface area contributed by atoms with Crippen LogP contribution in [0.1, 0.15) is 56.4 Å². The SMILES string of the molecule is COc1ccc(C(Oc2ccc(N=Nc3ccc(CCOP(OCCC#N)N(C(C)C)C(C)C)cc3)cc2)(c2ccccc2)c2ccc(OC)cc2)cc1. The third-order valence-corrected chi connectivity index (χ3v) is 10.9. The molecule has 0 spiro atoms. The zero-order valence-electron chi connectivity index (χ0n) is 31.9. The molecule has 0 aliphatic rings. The molecule has 0 amide bonds. The van der Waals surface area contributed by atoms with Crippen molar-refractivity contribution in [2.45, 2.75) is 58.2 Å². The first-order valence-corrected chi connectivity index (χ1v) is 19.3. The van der Waals surface area contributed by atoms with E-state index in [4.69, 9.17) is 28.5 Å². The smallest absolute Gasteiger partial charge is 0.259 e. The van der Waals surface area contributed by atoms with Gasteiger partial charge < -0.3 is 23.3 Å². The van der Waals surface area contributed by atoms with Gasteiger partial charge in [-0.2, -0.15) is 15.5 Å². The number of methoxy groups -OCH3 is 2. The molecule has 280 valence electrons. The monoisotopic (exact) mass is 744 g/mol. The summed E-state index contributed by atoms with van der Waals surface area (Å²) in [6, 6.07) is 44.4. The van der Waals surface area contributed by atoms with Crippen molar-refractivity contribution in [3.8, 4) is 23.3 Å². The lowest BCUT2D eigenvalue weighted by Crippen LogP contribution is -2.36. The van der Waals surface area contributed by atoms with Crippen molar-refractivity contribution >= 4 is 19.9 Å². The Balaban J connectivity index is 1.30. The molecule has 0 aliphatic carbocycles. The maximum absolute atomic E-state index is 8.97. The minimum Gasteiger partial charge on any atom is -0.497 e. The maximum Gasteiger partial charge on any atom is 0.259 e. The standard InChI is InChI=1S/C44H49N4O5P/c1-33(2)48(34(3)4)54(51-31-10-30-45)52-32-29-35-13-19-39(20-14-35)46-47-40-21-27-43(28-22-40)53-44(36-11-8-7-9-12-36,37-15-23-41(49-5)24-16-37)38-17-25-42(50-6)26-18-38/h7-9,11-28,33-34H,10,29,31-32H2,1-6H3. The molecule has 5 rings (SSSR count). The predicted octanol–water partition coefficient (Wildman–Crippen LogP) is 11.3. The Labute approximate surface area is 321 Å². The lowest BCUT2D eigenvalue weighted by atomic mass is 9.80. The number of azo groups is 1. The van der Waals surface area contributed by atoms with E-state index in [0.29, 0.717) is 31.1 Å². The molecular weight excluding hydrogens is 695 g/mol. The molecule has 0 bridgehead atoms. The largest absolute Gasteiger partial charge is 0.497 e. The second-order valence-corrected chi connectivity index (χ2v) is 14.6. The fraction of sp³-hybridized carbons (Fsp3) is 0.295. The molecule has 0 aliphatic heterocycles. The Morgan fingerprint density at radius 3 is 1.56 bits per heavy atom. The first-order chi connectivity index (χ1) is 26.3. The van der Waals surface area contributed by atoms with Gasteiger partial charge in [0.15, 0.2) is 5.60 Å². The third kappa shape index (κ3) is 10.3. The average Bonchev–Trinajstić information content (AvgIpc) is 3.20. The van der Waals surface area contributed by atoms with Crippen LogP contribution in [-0.2, 0) is 21.1 Å². The molecule has 5 aromatic carbocycles. The van der Waals surface area contributed by atoms with Gasteiger partial charge in [0.25, 0.3) is 8.53 Å². The van der Waals surface area contributed by atoms with E-state index in [1.165, 1.54) is 0 Å². The minimum absolute atomic E-state index is 0.258. The fourth-order valence-corrected chi connectivity index (χ4v) is 7.75. The van der Waals surface area contributed by atoms with Gasteiger partial charge in [0.2, 0.25) is 0 Å². The normalized spacial score (nSPS) is 12.3. The number of ether oxygens (including phenoxy) is 3. The van der Waals surface area contributed by atoms with Gasteiger partial charge in [-0.15, -0.1) is 0 Å². The van der Waals surface area contributed by atoms with Crippen molar-refractivity contribution in [2.75, 3.05) is 27.4 Å². The van der Waals surface area contributed by atoms with Crippen LogP contribution in [0.2, 0.25) is 0 Å². The van der Waals surface area contributed by atoms with Crippen molar-refractivity contribution in [1.29, 1.82) is 5.26 Å². The van der Waals surface area contributed by atoms with Gasteiger partial charge in [-0.1, -0.05) is 66.7 Å². The van der Waals surface area contributed by atoms with Gasteiger partial charge in [0, 0.05) is 28.8 Å². The molecule has 5 aromatic rings. The van der Waals surface area contributed by atoms with Crippen molar-refractivity contribution in [1.82, 2.24) is 4.67 Å². The molecule has 0 fully saturated rings. The molecular formula is C44H49N4O5P. The van der Waals surface area contributed by atoms with E-state index in [1.54, 1.807) is 14.2 Å². The number of hydrogen-bond donors (Lipinski definition) is 0. The highest BCUT2D eigenvalue weighted by Crippen LogP contribution is 2.46. The second-order valence-electron chi connectivity index (χ2n) is 13.1. The van der Waals surface area contributed by atoms with E-state index in [0.717, 1.165) is 45.9 Å². The fourth-order valence-electron chi connectivity index (χ4n) is 6.16. The number of benzene rings is 5. The van der Waals surface area contributed by atoms with Gasteiger partial charge in [-0.3, -0.25) is 0 Å². The summed E-state index contributed by atoms with van der Waals surface area (Å²) in [5, 5.41) is 18.0. The number of rotatable bonds is 19. The van der Waals surface area contributed by atoms with E-state index in [1.807, 2.05) is 115 Å². The van der Waals surface area contributed by atoms with Crippen LogP contribution in [0.3, 0.4) is 0 Å². The van der Waals surface area contributed by atoms with Gasteiger partial charge in [0.1, 0.15) is 17.2 Å². The van der Waals surface area contributed by atoms with Crippen LogP contribution in [0.5, 0.6) is 17.2 Å². The van der Waals surface area contributed by atoms with Crippen LogP contribution in [-0.4, -0.2) is 44.2 Å². The lowest BCUT2D eigenvalue weighted by molar-refractivity contribution is 0.155. The van der Waals surface area contributed by atoms with Crippen LogP contribution < -0.4 is 14.2 Å². The van der Waals surface area contributed by atoms with Crippen molar-refractivity contribution in [3.05, 3.63) is 150 Å². The molecule has 54 heavy (non-hydrogen) atoms. The molecule has 0 saturated carbocycles. The minimum atomic E-state index is -1.27. The summed E-state index contributed by atoms with van der Waals surface area (Å²) < 4.78 is 32.5. The van der Waals surface area contributed by atoms with Crippen LogP contribution in [0, 0.1) is 11.3 Å². The lowest BCUT2D eigenvalue weighted by Gasteiger charge is -2.36. The highest BCUT2D eigenvalue weighted by Gasteiger charge is 2.39. The molecule has 1 unspecified atom stereocenters. The maximum atomic E-state index is 8.97. The summed E-state index contributed by atoms with van der Waals surface area (Å²) in [4.78, 5) is 0. The summed E-state index contributed by atoms with van der Waals surface area (Å²) in [5.74, 6) is 2.19. The van der Waals surface area contributed by atoms with Crippen LogP contribution in [0.4, 0.5) is 11.4 Å². The zero-order chi connectivity index (χ0) is 38.3. The molecule has 1 atom stereocenters. The summed E-state index contributed by atoms with van der Waals surface area (Å²) >= 11 is 0. The van der Waals surface area contributed by atoms with Crippen LogP contribution in [0.25, 0.3) is 0 Å². The molecule has 9 nitrogen and oxygen atoms in total. The van der Waals surface area contributed by atoms with Crippen LogP contribution >= 0.6 is 8.53 Å². The summed E-state index contributed by atoms with van der Waals surface area (Å²) in [7, 11) is 2.05. The Kier molecular flexibility index (Phi) is 14.7. The summed E-state index contributed by atoms with van der Waals surface area (Å²) in [5.41, 5.74) is 4.44. The number of nitriles is 1. The van der Waals surface area contributed by atoms with E-state index in [-0.39, 0.29) is 12.1 Å². The molecule has 0 radical (unpaired) electrons. The van der Waals surface area contributed by atoms with Gasteiger partial charge in [-0.05, 0) is 100 Å². The van der Waals surface area contributed by atoms with Crippen molar-refractivity contribution < 1.29 is 23.3 Å². The van der Waals surface area contributed by atoms with Crippen molar-refractivity contribution in [2.24, 2.45) is 10.2 Å². The first-order valence-electron chi connectivity index (χ1n) is 18.1. The topological polar surface area (TPSA) is 97.9 Å². The molecule has 10 heteroatoms. The second kappa shape index (κ2) is 19.8. The summed E-state index contributed by atoms with van der Waals surface area (Å²) in [6.45, 7) is 9.39. The van der Waals surface area contributed by atoms with Crippen molar-refractivity contribution in [3.63, 3.8) is 0 Å². The highest BCUT2D eigenvalue weighted by molar-refractivity contribution is 7.44. The molecule has 0 heterocycles. The number of hydrogen-bond acceptors (Lipinski definition) is 9. The Morgan fingerprint density at radius 1 is 0.611 bits per heavy atom.